The Kier molecular flexibility index (Phi) is 7.22. The Balaban J connectivity index is 1.31. The molecular weight excluding hydrogens is 480 g/mol. The molecule has 4 rings (SSSR count). The lowest BCUT2D eigenvalue weighted by molar-refractivity contribution is -0.152. The number of hydrogen-bond donors (Lipinski definition) is 0. The van der Waals surface area contributed by atoms with Crippen molar-refractivity contribution in [2.75, 3.05) is 37.7 Å². The molecule has 2 aliphatic rings. The molecule has 2 saturated heterocycles. The van der Waals surface area contributed by atoms with Gasteiger partial charge >= 0.3 is 5.97 Å². The van der Waals surface area contributed by atoms with Crippen molar-refractivity contribution in [1.29, 1.82) is 0 Å². The van der Waals surface area contributed by atoms with Gasteiger partial charge in [0.1, 0.15) is 5.69 Å². The molecule has 0 unspecified atom stereocenters. The van der Waals surface area contributed by atoms with Crippen molar-refractivity contribution in [3.8, 4) is 10.6 Å². The van der Waals surface area contributed by atoms with Crippen molar-refractivity contribution in [3.05, 3.63) is 28.1 Å². The van der Waals surface area contributed by atoms with Crippen LogP contribution in [-0.4, -0.2) is 59.8 Å². The van der Waals surface area contributed by atoms with Crippen LogP contribution in [0.2, 0.25) is 0 Å². The maximum atomic E-state index is 13.1. The van der Waals surface area contributed by atoms with E-state index in [2.05, 4.69) is 31.0 Å². The van der Waals surface area contributed by atoms with Crippen molar-refractivity contribution >= 4 is 45.0 Å². The van der Waals surface area contributed by atoms with Crippen molar-refractivity contribution in [1.82, 2.24) is 15.1 Å². The van der Waals surface area contributed by atoms with E-state index in [1.165, 1.54) is 0 Å². The van der Waals surface area contributed by atoms with Gasteiger partial charge in [0.25, 0.3) is 0 Å². The predicted molar refractivity (Wildman–Crippen MR) is 124 cm³/mol. The van der Waals surface area contributed by atoms with Crippen molar-refractivity contribution < 1.29 is 14.3 Å². The lowest BCUT2D eigenvalue weighted by atomic mass is 9.92. The van der Waals surface area contributed by atoms with E-state index in [0.717, 1.165) is 65.5 Å². The van der Waals surface area contributed by atoms with Gasteiger partial charge in [0.05, 0.1) is 21.2 Å². The van der Waals surface area contributed by atoms with Gasteiger partial charge in [0.2, 0.25) is 5.91 Å². The minimum Gasteiger partial charge on any atom is -0.466 e. The first-order valence-corrected chi connectivity index (χ1v) is 12.5. The topological polar surface area (TPSA) is 75.6 Å². The summed E-state index contributed by atoms with van der Waals surface area (Å²) in [5.74, 6) is 0.680. The second-order valence-electron chi connectivity index (χ2n) is 8.02. The molecule has 9 heteroatoms. The molecule has 166 valence electrons. The first-order chi connectivity index (χ1) is 15.0. The van der Waals surface area contributed by atoms with E-state index >= 15 is 0 Å². The van der Waals surface area contributed by atoms with Crippen LogP contribution < -0.4 is 4.90 Å². The Morgan fingerprint density at radius 1 is 1.10 bits per heavy atom. The smallest absolute Gasteiger partial charge is 0.310 e. The van der Waals surface area contributed by atoms with Gasteiger partial charge in [-0.25, -0.2) is 0 Å². The van der Waals surface area contributed by atoms with Crippen LogP contribution in [0, 0.1) is 11.8 Å². The van der Waals surface area contributed by atoms with E-state index in [0.29, 0.717) is 13.2 Å². The third kappa shape index (κ3) is 5.26. The molecule has 1 amide bonds. The fraction of sp³-hybridized carbons (Fsp3) is 0.545. The van der Waals surface area contributed by atoms with Gasteiger partial charge in [-0.05, 0) is 72.8 Å². The Bertz CT molecular complexity index is 912. The Morgan fingerprint density at radius 2 is 1.90 bits per heavy atom. The third-order valence-electron chi connectivity index (χ3n) is 6.00. The maximum absolute atomic E-state index is 13.1. The Hall–Kier alpha value is -2.00. The SMILES string of the molecule is CCOC(=O)[C@H]1CCCN(C(=O)C2CCN(c3ccc(-c4ccc(Br)s4)nn3)CC2)C1. The minimum absolute atomic E-state index is 0.00731. The largest absolute Gasteiger partial charge is 0.466 e. The maximum Gasteiger partial charge on any atom is 0.310 e. The highest BCUT2D eigenvalue weighted by atomic mass is 79.9. The Labute approximate surface area is 194 Å². The van der Waals surface area contributed by atoms with Crippen LogP contribution in [0.4, 0.5) is 5.82 Å². The summed E-state index contributed by atoms with van der Waals surface area (Å²) in [4.78, 5) is 30.3. The number of piperidine rings is 2. The molecule has 0 aromatic carbocycles. The van der Waals surface area contributed by atoms with Crippen LogP contribution in [0.5, 0.6) is 0 Å². The number of likely N-dealkylation sites (tertiary alicyclic amines) is 1. The normalized spacial score (nSPS) is 20.0. The van der Waals surface area contributed by atoms with Crippen LogP contribution >= 0.6 is 27.3 Å². The van der Waals surface area contributed by atoms with Crippen molar-refractivity contribution in [2.45, 2.75) is 32.6 Å². The fourth-order valence-corrected chi connectivity index (χ4v) is 5.67. The molecule has 0 bridgehead atoms. The lowest BCUT2D eigenvalue weighted by Crippen LogP contribution is -2.47. The Morgan fingerprint density at radius 3 is 2.55 bits per heavy atom. The summed E-state index contributed by atoms with van der Waals surface area (Å²) < 4.78 is 6.23. The van der Waals surface area contributed by atoms with Gasteiger partial charge in [-0.1, -0.05) is 0 Å². The molecule has 4 heterocycles. The van der Waals surface area contributed by atoms with Crippen molar-refractivity contribution in [2.24, 2.45) is 11.8 Å². The third-order valence-corrected chi connectivity index (χ3v) is 7.64. The van der Waals surface area contributed by atoms with E-state index < -0.39 is 0 Å². The molecule has 2 aromatic rings. The van der Waals surface area contributed by atoms with Crippen LogP contribution in [0.1, 0.15) is 32.6 Å². The number of hydrogen-bond acceptors (Lipinski definition) is 7. The van der Waals surface area contributed by atoms with Crippen molar-refractivity contribution in [3.63, 3.8) is 0 Å². The van der Waals surface area contributed by atoms with Gasteiger partial charge in [-0.15, -0.1) is 21.5 Å². The summed E-state index contributed by atoms with van der Waals surface area (Å²) in [6.45, 7) is 4.99. The number of carbonyl (C=O) groups is 2. The zero-order valence-corrected chi connectivity index (χ0v) is 20.0. The number of amides is 1. The van der Waals surface area contributed by atoms with Crippen LogP contribution in [0.25, 0.3) is 10.6 Å². The summed E-state index contributed by atoms with van der Waals surface area (Å²) in [5, 5.41) is 8.80. The molecule has 2 fully saturated rings. The molecule has 2 aromatic heterocycles. The molecule has 2 aliphatic heterocycles. The van der Waals surface area contributed by atoms with Gasteiger partial charge < -0.3 is 14.5 Å². The summed E-state index contributed by atoms with van der Waals surface area (Å²) >= 11 is 5.11. The number of anilines is 1. The highest BCUT2D eigenvalue weighted by Crippen LogP contribution is 2.31. The number of aromatic nitrogens is 2. The monoisotopic (exact) mass is 506 g/mol. The molecule has 0 N–H and O–H groups in total. The van der Waals surface area contributed by atoms with Gasteiger partial charge in [0, 0.05) is 32.1 Å². The molecular formula is C22H27BrN4O3S. The van der Waals surface area contributed by atoms with Gasteiger partial charge in [-0.2, -0.15) is 0 Å². The highest BCUT2D eigenvalue weighted by molar-refractivity contribution is 9.11. The number of thiophene rings is 1. The number of carbonyl (C=O) groups excluding carboxylic acids is 2. The number of rotatable bonds is 5. The lowest BCUT2D eigenvalue weighted by Gasteiger charge is -2.37. The van der Waals surface area contributed by atoms with Crippen LogP contribution in [-0.2, 0) is 14.3 Å². The average Bonchev–Trinajstić information content (AvgIpc) is 3.25. The highest BCUT2D eigenvalue weighted by Gasteiger charge is 2.34. The number of ether oxygens (including phenoxy) is 1. The molecule has 0 aliphatic carbocycles. The second-order valence-corrected chi connectivity index (χ2v) is 10.5. The van der Waals surface area contributed by atoms with E-state index in [4.69, 9.17) is 4.74 Å². The number of halogens is 1. The van der Waals surface area contributed by atoms with Gasteiger partial charge in [-0.3, -0.25) is 9.59 Å². The van der Waals surface area contributed by atoms with E-state index in [1.54, 1.807) is 11.3 Å². The summed E-state index contributed by atoms with van der Waals surface area (Å²) in [6.07, 6.45) is 3.25. The van der Waals surface area contributed by atoms with Crippen LogP contribution in [0.3, 0.4) is 0 Å². The summed E-state index contributed by atoms with van der Waals surface area (Å²) in [5.41, 5.74) is 0.866. The fourth-order valence-electron chi connectivity index (χ4n) is 4.32. The molecule has 1 atom stereocenters. The molecule has 31 heavy (non-hydrogen) atoms. The molecule has 0 saturated carbocycles. The minimum atomic E-state index is -0.185. The quantitative estimate of drug-likeness (QED) is 0.570. The summed E-state index contributed by atoms with van der Waals surface area (Å²) in [6, 6.07) is 8.05. The average molecular weight is 507 g/mol. The molecule has 0 spiro atoms. The number of esters is 1. The van der Waals surface area contributed by atoms with Crippen LogP contribution in [0.15, 0.2) is 28.1 Å². The van der Waals surface area contributed by atoms with E-state index in [-0.39, 0.29) is 23.7 Å². The van der Waals surface area contributed by atoms with E-state index in [9.17, 15) is 9.59 Å². The standard InChI is InChI=1S/C22H27BrN4O3S/c1-2-30-22(29)16-4-3-11-27(14-16)21(28)15-9-12-26(13-10-15)20-8-5-17(24-25-20)18-6-7-19(23)31-18/h5-8,15-16H,2-4,9-14H2,1H3/t16-/m0/s1. The number of nitrogens with zero attached hydrogens (tertiary/aromatic N) is 4. The summed E-state index contributed by atoms with van der Waals surface area (Å²) in [7, 11) is 0. The first-order valence-electron chi connectivity index (χ1n) is 10.8. The van der Waals surface area contributed by atoms with E-state index in [1.807, 2.05) is 36.1 Å². The zero-order chi connectivity index (χ0) is 21.8. The second kappa shape index (κ2) is 10.1. The zero-order valence-electron chi connectivity index (χ0n) is 17.6. The van der Waals surface area contributed by atoms with Gasteiger partial charge in [0.15, 0.2) is 5.82 Å². The molecule has 7 nitrogen and oxygen atoms in total. The molecule has 0 radical (unpaired) electrons. The first kappa shape index (κ1) is 22.2. The predicted octanol–water partition coefficient (Wildman–Crippen LogP) is 3.99.